The Kier molecular flexibility index (Phi) is 5.71. The number of carbonyl (C=O) groups excluding carboxylic acids is 3. The number of nitrogens with one attached hydrogen (secondary N) is 1. The van der Waals surface area contributed by atoms with Crippen molar-refractivity contribution >= 4 is 29.2 Å². The summed E-state index contributed by atoms with van der Waals surface area (Å²) < 4.78 is 10.2. The van der Waals surface area contributed by atoms with Crippen LogP contribution < -0.4 is 15.0 Å². The lowest BCUT2D eigenvalue weighted by molar-refractivity contribution is -0.118. The van der Waals surface area contributed by atoms with Crippen LogP contribution in [0, 0.1) is 0 Å². The number of nitrogens with zero attached hydrogens (tertiary/aromatic N) is 1. The third-order valence-electron chi connectivity index (χ3n) is 4.18. The van der Waals surface area contributed by atoms with Gasteiger partial charge in [-0.05, 0) is 30.7 Å². The summed E-state index contributed by atoms with van der Waals surface area (Å²) in [5, 5.41) is 2.64. The summed E-state index contributed by atoms with van der Waals surface area (Å²) in [6.45, 7) is 0.458. The van der Waals surface area contributed by atoms with E-state index in [2.05, 4.69) is 5.32 Å². The van der Waals surface area contributed by atoms with Crippen LogP contribution in [-0.2, 0) is 14.3 Å². The van der Waals surface area contributed by atoms with Crippen molar-refractivity contribution < 1.29 is 23.9 Å². The van der Waals surface area contributed by atoms with E-state index in [1.807, 2.05) is 6.07 Å². The average Bonchev–Trinajstić information content (AvgIpc) is 3.12. The predicted molar refractivity (Wildman–Crippen MR) is 99.9 cm³/mol. The first-order valence-corrected chi connectivity index (χ1v) is 8.59. The highest BCUT2D eigenvalue weighted by molar-refractivity contribution is 6.01. The number of rotatable bonds is 6. The average molecular weight is 368 g/mol. The topological polar surface area (TPSA) is 84.9 Å². The van der Waals surface area contributed by atoms with E-state index in [9.17, 15) is 14.4 Å². The van der Waals surface area contributed by atoms with Gasteiger partial charge in [0.15, 0.2) is 6.61 Å². The summed E-state index contributed by atoms with van der Waals surface area (Å²) in [5.74, 6) is -0.364. The molecule has 1 aliphatic rings. The molecule has 0 unspecified atom stereocenters. The summed E-state index contributed by atoms with van der Waals surface area (Å²) in [7, 11) is 1.28. The molecule has 1 fully saturated rings. The molecule has 0 aromatic heterocycles. The van der Waals surface area contributed by atoms with Crippen LogP contribution in [-0.4, -0.2) is 38.0 Å². The number of methoxy groups -OCH3 is 1. The predicted octanol–water partition coefficient (Wildman–Crippen LogP) is 2.62. The molecule has 0 bridgehead atoms. The molecule has 140 valence electrons. The molecule has 1 heterocycles. The van der Waals surface area contributed by atoms with E-state index in [4.69, 9.17) is 9.47 Å². The van der Waals surface area contributed by atoms with Gasteiger partial charge in [-0.1, -0.05) is 18.2 Å². The van der Waals surface area contributed by atoms with Gasteiger partial charge in [0.05, 0.1) is 18.4 Å². The Morgan fingerprint density at radius 1 is 1.15 bits per heavy atom. The minimum Gasteiger partial charge on any atom is -0.484 e. The molecule has 2 amide bonds. The monoisotopic (exact) mass is 368 g/mol. The van der Waals surface area contributed by atoms with E-state index in [0.717, 1.165) is 12.1 Å². The molecule has 1 aliphatic heterocycles. The molecule has 0 spiro atoms. The normalized spacial score (nSPS) is 13.4. The maximum atomic E-state index is 12.2. The number of benzene rings is 2. The van der Waals surface area contributed by atoms with Crippen LogP contribution in [0.5, 0.6) is 5.75 Å². The third-order valence-corrected chi connectivity index (χ3v) is 4.18. The van der Waals surface area contributed by atoms with Gasteiger partial charge >= 0.3 is 5.97 Å². The zero-order chi connectivity index (χ0) is 19.2. The van der Waals surface area contributed by atoms with Crippen LogP contribution >= 0.6 is 0 Å². The Morgan fingerprint density at radius 2 is 1.96 bits per heavy atom. The van der Waals surface area contributed by atoms with E-state index in [0.29, 0.717) is 24.4 Å². The van der Waals surface area contributed by atoms with Crippen molar-refractivity contribution in [2.75, 3.05) is 30.5 Å². The van der Waals surface area contributed by atoms with Crippen LogP contribution in [0.3, 0.4) is 0 Å². The Hall–Kier alpha value is -3.35. The number of anilines is 2. The number of esters is 1. The smallest absolute Gasteiger partial charge is 0.339 e. The SMILES string of the molecule is COC(=O)c1ccccc1NC(=O)COc1cccc(N2CCCC2=O)c1. The van der Waals surface area contributed by atoms with Gasteiger partial charge in [-0.2, -0.15) is 0 Å². The highest BCUT2D eigenvalue weighted by Gasteiger charge is 2.22. The van der Waals surface area contributed by atoms with Crippen molar-refractivity contribution in [3.63, 3.8) is 0 Å². The highest BCUT2D eigenvalue weighted by Crippen LogP contribution is 2.25. The zero-order valence-electron chi connectivity index (χ0n) is 14.9. The van der Waals surface area contributed by atoms with Gasteiger partial charge in [0, 0.05) is 24.7 Å². The van der Waals surface area contributed by atoms with Crippen LogP contribution in [0.4, 0.5) is 11.4 Å². The Labute approximate surface area is 156 Å². The van der Waals surface area contributed by atoms with Gasteiger partial charge in [0.1, 0.15) is 5.75 Å². The number of amides is 2. The molecule has 2 aromatic carbocycles. The van der Waals surface area contributed by atoms with E-state index in [1.165, 1.54) is 7.11 Å². The standard InChI is InChI=1S/C20H20N2O5/c1-26-20(25)16-8-2-3-9-17(16)21-18(23)13-27-15-7-4-6-14(12-15)22-11-5-10-19(22)24/h2-4,6-9,12H,5,10-11,13H2,1H3,(H,21,23). The van der Waals surface area contributed by atoms with E-state index >= 15 is 0 Å². The molecule has 0 aliphatic carbocycles. The minimum absolute atomic E-state index is 0.0873. The van der Waals surface area contributed by atoms with Gasteiger partial charge < -0.3 is 19.7 Å². The molecule has 7 nitrogen and oxygen atoms in total. The second kappa shape index (κ2) is 8.35. The van der Waals surface area contributed by atoms with Gasteiger partial charge in [0.25, 0.3) is 5.91 Å². The molecular formula is C20H20N2O5. The maximum Gasteiger partial charge on any atom is 0.339 e. The molecule has 1 saturated heterocycles. The molecular weight excluding hydrogens is 348 g/mol. The van der Waals surface area contributed by atoms with Crippen molar-refractivity contribution in [1.82, 2.24) is 0 Å². The second-order valence-corrected chi connectivity index (χ2v) is 6.02. The summed E-state index contributed by atoms with van der Waals surface area (Å²) in [5.41, 5.74) is 1.38. The fourth-order valence-electron chi connectivity index (χ4n) is 2.88. The van der Waals surface area contributed by atoms with Gasteiger partial charge in [-0.3, -0.25) is 9.59 Å². The lowest BCUT2D eigenvalue weighted by atomic mass is 10.2. The molecule has 0 saturated carbocycles. The molecule has 27 heavy (non-hydrogen) atoms. The first-order chi connectivity index (χ1) is 13.1. The molecule has 1 N–H and O–H groups in total. The quantitative estimate of drug-likeness (QED) is 0.793. The second-order valence-electron chi connectivity index (χ2n) is 6.02. The maximum absolute atomic E-state index is 12.2. The first-order valence-electron chi connectivity index (χ1n) is 8.59. The summed E-state index contributed by atoms with van der Waals surface area (Å²) in [6.07, 6.45) is 1.39. The molecule has 0 atom stereocenters. The van der Waals surface area contributed by atoms with Crippen molar-refractivity contribution in [3.05, 3.63) is 54.1 Å². The van der Waals surface area contributed by atoms with Crippen molar-refractivity contribution in [3.8, 4) is 5.75 Å². The number of ether oxygens (including phenoxy) is 2. The van der Waals surface area contributed by atoms with Crippen LogP contribution in [0.2, 0.25) is 0 Å². The number of para-hydroxylation sites is 1. The van der Waals surface area contributed by atoms with Crippen molar-refractivity contribution in [1.29, 1.82) is 0 Å². The van der Waals surface area contributed by atoms with E-state index in [-0.39, 0.29) is 18.1 Å². The van der Waals surface area contributed by atoms with Crippen LogP contribution in [0.25, 0.3) is 0 Å². The lowest BCUT2D eigenvalue weighted by Gasteiger charge is -2.16. The van der Waals surface area contributed by atoms with Gasteiger partial charge in [-0.25, -0.2) is 4.79 Å². The third kappa shape index (κ3) is 4.44. The summed E-state index contributed by atoms with van der Waals surface area (Å²) in [6, 6.07) is 13.6. The van der Waals surface area contributed by atoms with Crippen LogP contribution in [0.15, 0.2) is 48.5 Å². The summed E-state index contributed by atoms with van der Waals surface area (Å²) in [4.78, 5) is 37.5. The molecule has 7 heteroatoms. The number of hydrogen-bond acceptors (Lipinski definition) is 5. The largest absolute Gasteiger partial charge is 0.484 e. The van der Waals surface area contributed by atoms with E-state index < -0.39 is 11.9 Å². The minimum atomic E-state index is -0.533. The highest BCUT2D eigenvalue weighted by atomic mass is 16.5. The van der Waals surface area contributed by atoms with Gasteiger partial charge in [-0.15, -0.1) is 0 Å². The Balaban J connectivity index is 1.62. The summed E-state index contributed by atoms with van der Waals surface area (Å²) >= 11 is 0. The fraction of sp³-hybridized carbons (Fsp3) is 0.250. The molecule has 2 aromatic rings. The van der Waals surface area contributed by atoms with Crippen molar-refractivity contribution in [2.24, 2.45) is 0 Å². The Bertz CT molecular complexity index is 865. The number of hydrogen-bond donors (Lipinski definition) is 1. The van der Waals surface area contributed by atoms with E-state index in [1.54, 1.807) is 47.4 Å². The number of carbonyl (C=O) groups is 3. The lowest BCUT2D eigenvalue weighted by Crippen LogP contribution is -2.24. The molecule has 0 radical (unpaired) electrons. The molecule has 3 rings (SSSR count). The van der Waals surface area contributed by atoms with Gasteiger partial charge in [0.2, 0.25) is 5.91 Å². The van der Waals surface area contributed by atoms with Crippen LogP contribution in [0.1, 0.15) is 23.2 Å². The first kappa shape index (κ1) is 18.4. The Morgan fingerprint density at radius 3 is 2.70 bits per heavy atom. The van der Waals surface area contributed by atoms with Crippen molar-refractivity contribution in [2.45, 2.75) is 12.8 Å². The fourth-order valence-corrected chi connectivity index (χ4v) is 2.88. The zero-order valence-corrected chi connectivity index (χ0v) is 14.9.